The van der Waals surface area contributed by atoms with Gasteiger partial charge in [0.1, 0.15) is 11.8 Å². The van der Waals surface area contributed by atoms with E-state index in [1.165, 1.54) is 18.2 Å². The number of ether oxygens (including phenoxy) is 1. The van der Waals surface area contributed by atoms with Crippen LogP contribution >= 0.6 is 0 Å². The van der Waals surface area contributed by atoms with Crippen molar-refractivity contribution in [1.29, 1.82) is 5.26 Å². The number of carbonyl (C=O) groups is 3. The maximum absolute atomic E-state index is 13.1. The zero-order valence-corrected chi connectivity index (χ0v) is 20.3. The van der Waals surface area contributed by atoms with E-state index in [1.807, 2.05) is 26.8 Å². The Hall–Kier alpha value is -3.55. The summed E-state index contributed by atoms with van der Waals surface area (Å²) in [6.07, 6.45) is -4.02. The first kappa shape index (κ1) is 27.0. The molecule has 0 unspecified atom stereocenters. The van der Waals surface area contributed by atoms with Gasteiger partial charge in [-0.1, -0.05) is 26.8 Å². The average molecular weight is 507 g/mol. The molecule has 1 aliphatic rings. The first-order chi connectivity index (χ1) is 16.8. The molecule has 0 radical (unpaired) electrons. The smallest absolute Gasteiger partial charge is 0.405 e. The Morgan fingerprint density at radius 1 is 1.28 bits per heavy atom. The van der Waals surface area contributed by atoms with Gasteiger partial charge >= 0.3 is 6.36 Å². The number of nitrogens with one attached hydrogen (secondary N) is 3. The molecule has 1 saturated heterocycles. The Labute approximate surface area is 206 Å². The molecule has 36 heavy (non-hydrogen) atoms. The molecule has 0 spiro atoms. The van der Waals surface area contributed by atoms with Gasteiger partial charge in [0.2, 0.25) is 11.8 Å². The monoisotopic (exact) mass is 506 g/mol. The second-order valence-corrected chi connectivity index (χ2v) is 10.2. The number of hydrogen-bond acceptors (Lipinski definition) is 5. The minimum absolute atomic E-state index is 0.0504. The van der Waals surface area contributed by atoms with Crippen LogP contribution in [0.25, 0.3) is 10.9 Å². The summed E-state index contributed by atoms with van der Waals surface area (Å²) in [5, 5.41) is 15.0. The first-order valence-corrected chi connectivity index (χ1v) is 11.6. The molecule has 8 nitrogen and oxygen atoms in total. The van der Waals surface area contributed by atoms with Crippen LogP contribution in [0, 0.1) is 28.6 Å². The number of nitriles is 1. The van der Waals surface area contributed by atoms with E-state index in [1.54, 1.807) is 0 Å². The number of amides is 2. The van der Waals surface area contributed by atoms with Gasteiger partial charge in [0.25, 0.3) is 0 Å². The molecule has 2 amide bonds. The average Bonchev–Trinajstić information content (AvgIpc) is 3.37. The number of fused-ring (bicyclic) bond motifs is 1. The number of alkyl halides is 3. The number of benzene rings is 1. The van der Waals surface area contributed by atoms with Gasteiger partial charge in [-0.05, 0) is 42.9 Å². The molecule has 2 aromatic rings. The van der Waals surface area contributed by atoms with E-state index in [2.05, 4.69) is 20.4 Å². The normalized spacial score (nSPS) is 17.8. The Morgan fingerprint density at radius 3 is 2.58 bits per heavy atom. The number of carbonyl (C=O) groups excluding carboxylic acids is 3. The van der Waals surface area contributed by atoms with Crippen LogP contribution in [0.2, 0.25) is 0 Å². The lowest BCUT2D eigenvalue weighted by molar-refractivity contribution is -0.274. The number of rotatable bonds is 9. The van der Waals surface area contributed by atoms with Crippen LogP contribution in [0.1, 0.15) is 56.9 Å². The van der Waals surface area contributed by atoms with Crippen LogP contribution in [0.15, 0.2) is 24.3 Å². The van der Waals surface area contributed by atoms with Crippen LogP contribution in [-0.4, -0.2) is 41.5 Å². The molecule has 1 fully saturated rings. The number of aromatic nitrogens is 1. The number of Topliss-reactive ketones (excluding diaryl/α,β-unsaturated/α-hetero) is 1. The minimum Gasteiger partial charge on any atom is -0.405 e. The lowest BCUT2D eigenvalue weighted by Gasteiger charge is -2.26. The van der Waals surface area contributed by atoms with Gasteiger partial charge in [-0.3, -0.25) is 14.4 Å². The Bertz CT molecular complexity index is 1180. The molecule has 3 N–H and O–H groups in total. The highest BCUT2D eigenvalue weighted by atomic mass is 19.4. The largest absolute Gasteiger partial charge is 0.573 e. The van der Waals surface area contributed by atoms with Gasteiger partial charge in [0, 0.05) is 35.7 Å². The molecule has 2 heterocycles. The zero-order valence-electron chi connectivity index (χ0n) is 20.3. The Kier molecular flexibility index (Phi) is 7.96. The van der Waals surface area contributed by atoms with E-state index in [-0.39, 0.29) is 46.7 Å². The van der Waals surface area contributed by atoms with Crippen molar-refractivity contribution in [2.45, 2.75) is 58.9 Å². The SMILES string of the molecule is CC(C)(C)C[C@H](CC(=O)c1cc2c(OC(F)(F)F)cccc2[nH]1)C(=O)N[C@H](C#N)C[C@@H]1CCNC1=O. The highest BCUT2D eigenvalue weighted by molar-refractivity contribution is 6.02. The van der Waals surface area contributed by atoms with Gasteiger partial charge in [-0.15, -0.1) is 13.2 Å². The van der Waals surface area contributed by atoms with Gasteiger partial charge in [0.05, 0.1) is 11.8 Å². The fourth-order valence-corrected chi connectivity index (χ4v) is 4.41. The van der Waals surface area contributed by atoms with Crippen LogP contribution in [-0.2, 0) is 9.59 Å². The minimum atomic E-state index is -4.89. The molecule has 0 bridgehead atoms. The number of nitrogens with zero attached hydrogens (tertiary/aromatic N) is 1. The third kappa shape index (κ3) is 7.23. The van der Waals surface area contributed by atoms with Crippen molar-refractivity contribution in [1.82, 2.24) is 15.6 Å². The van der Waals surface area contributed by atoms with Crippen molar-refractivity contribution in [3.8, 4) is 11.8 Å². The Balaban J connectivity index is 1.77. The molecule has 11 heteroatoms. The molecular formula is C25H29F3N4O4. The van der Waals surface area contributed by atoms with Crippen molar-refractivity contribution in [2.24, 2.45) is 17.3 Å². The van der Waals surface area contributed by atoms with Crippen molar-refractivity contribution >= 4 is 28.5 Å². The number of ketones is 1. The van der Waals surface area contributed by atoms with Crippen molar-refractivity contribution < 1.29 is 32.3 Å². The van der Waals surface area contributed by atoms with Gasteiger partial charge in [-0.25, -0.2) is 0 Å². The standard InChI is InChI=1S/C25H29F3N4O4/c1-24(2,3)12-15(23(35)31-16(13-29)9-14-7-8-30-22(14)34)10-20(33)19-11-17-18(32-19)5-4-6-21(17)36-25(26,27)28/h4-6,11,14-16,32H,7-10,12H2,1-3H3,(H,30,34)(H,31,35)/t14-,15-,16-/m0/s1. The van der Waals surface area contributed by atoms with Crippen LogP contribution in [0.4, 0.5) is 13.2 Å². The highest BCUT2D eigenvalue weighted by Crippen LogP contribution is 2.33. The summed E-state index contributed by atoms with van der Waals surface area (Å²) in [5.41, 5.74) is 0.00918. The molecular weight excluding hydrogens is 477 g/mol. The number of halogens is 3. The van der Waals surface area contributed by atoms with Crippen LogP contribution < -0.4 is 15.4 Å². The van der Waals surface area contributed by atoms with E-state index >= 15 is 0 Å². The highest BCUT2D eigenvalue weighted by Gasteiger charge is 2.34. The molecule has 1 aromatic carbocycles. The molecule has 3 atom stereocenters. The third-order valence-electron chi connectivity index (χ3n) is 5.97. The quantitative estimate of drug-likeness (QED) is 0.439. The summed E-state index contributed by atoms with van der Waals surface area (Å²) in [7, 11) is 0. The predicted octanol–water partition coefficient (Wildman–Crippen LogP) is 4.23. The van der Waals surface area contributed by atoms with Crippen molar-refractivity contribution in [3.05, 3.63) is 30.0 Å². The van der Waals surface area contributed by atoms with Gasteiger partial charge in [0.15, 0.2) is 5.78 Å². The van der Waals surface area contributed by atoms with E-state index in [0.29, 0.717) is 19.4 Å². The number of H-pyrrole nitrogens is 1. The molecule has 1 aliphatic heterocycles. The Morgan fingerprint density at radius 2 is 2.00 bits per heavy atom. The second kappa shape index (κ2) is 10.6. The second-order valence-electron chi connectivity index (χ2n) is 10.2. The predicted molar refractivity (Wildman–Crippen MR) is 125 cm³/mol. The van der Waals surface area contributed by atoms with Gasteiger partial charge in [-0.2, -0.15) is 5.26 Å². The maximum atomic E-state index is 13.1. The lowest BCUT2D eigenvalue weighted by Crippen LogP contribution is -2.41. The maximum Gasteiger partial charge on any atom is 0.573 e. The topological polar surface area (TPSA) is 124 Å². The first-order valence-electron chi connectivity index (χ1n) is 11.6. The fraction of sp³-hybridized carbons (Fsp3) is 0.520. The molecule has 194 valence electrons. The van der Waals surface area contributed by atoms with E-state index in [9.17, 15) is 32.8 Å². The molecule has 3 rings (SSSR count). The molecule has 0 aliphatic carbocycles. The number of hydrogen-bond donors (Lipinski definition) is 3. The summed E-state index contributed by atoms with van der Waals surface area (Å²) in [6.45, 7) is 6.25. The molecule has 0 saturated carbocycles. The van der Waals surface area contributed by atoms with E-state index in [0.717, 1.165) is 6.07 Å². The summed E-state index contributed by atoms with van der Waals surface area (Å²) in [4.78, 5) is 40.9. The summed E-state index contributed by atoms with van der Waals surface area (Å²) in [5.74, 6) is -2.69. The van der Waals surface area contributed by atoms with E-state index < -0.39 is 35.8 Å². The van der Waals surface area contributed by atoms with Gasteiger partial charge < -0.3 is 20.4 Å². The van der Waals surface area contributed by atoms with Crippen molar-refractivity contribution in [3.63, 3.8) is 0 Å². The lowest BCUT2D eigenvalue weighted by atomic mass is 9.81. The zero-order chi connectivity index (χ0) is 26.7. The van der Waals surface area contributed by atoms with Crippen LogP contribution in [0.3, 0.4) is 0 Å². The number of aromatic amines is 1. The van der Waals surface area contributed by atoms with Crippen molar-refractivity contribution in [2.75, 3.05) is 6.54 Å². The third-order valence-corrected chi connectivity index (χ3v) is 5.97. The van der Waals surface area contributed by atoms with E-state index in [4.69, 9.17) is 0 Å². The summed E-state index contributed by atoms with van der Waals surface area (Å²) >= 11 is 0. The van der Waals surface area contributed by atoms with Crippen LogP contribution in [0.5, 0.6) is 5.75 Å². The summed E-state index contributed by atoms with van der Waals surface area (Å²) < 4.78 is 42.3. The fourth-order valence-electron chi connectivity index (χ4n) is 4.41. The summed E-state index contributed by atoms with van der Waals surface area (Å²) in [6, 6.07) is 6.45. The molecule has 1 aromatic heterocycles.